The Morgan fingerprint density at radius 1 is 1.41 bits per heavy atom. The molecule has 0 unspecified atom stereocenters. The zero-order valence-electron chi connectivity index (χ0n) is 10.3. The molecule has 1 heterocycles. The largest absolute Gasteiger partial charge is 0.444 e. The van der Waals surface area contributed by atoms with E-state index in [0.29, 0.717) is 0 Å². The minimum absolute atomic E-state index is 0.251. The second kappa shape index (κ2) is 4.99. The maximum atomic E-state index is 13.1. The Morgan fingerprint density at radius 3 is 2.59 bits per heavy atom. The third-order valence-electron chi connectivity index (χ3n) is 1.67. The third kappa shape index (κ3) is 4.67. The van der Waals surface area contributed by atoms with Crippen LogP contribution in [0.4, 0.5) is 14.9 Å². The molecule has 1 amide bonds. The van der Waals surface area contributed by atoms with Crippen molar-refractivity contribution in [2.75, 3.05) is 12.4 Å². The van der Waals surface area contributed by atoms with Gasteiger partial charge in [-0.3, -0.25) is 10.2 Å². The zero-order valence-corrected chi connectivity index (χ0v) is 10.3. The van der Waals surface area contributed by atoms with Gasteiger partial charge >= 0.3 is 6.09 Å². The first-order valence-corrected chi connectivity index (χ1v) is 5.06. The van der Waals surface area contributed by atoms with Crippen molar-refractivity contribution in [2.45, 2.75) is 26.4 Å². The molecule has 0 saturated heterocycles. The van der Waals surface area contributed by atoms with E-state index in [-0.39, 0.29) is 5.69 Å². The summed E-state index contributed by atoms with van der Waals surface area (Å²) in [5, 5.41) is 2.41. The van der Waals surface area contributed by atoms with E-state index in [1.165, 1.54) is 19.4 Å². The first-order chi connectivity index (χ1) is 7.80. The normalized spacial score (nSPS) is 10.9. The molecule has 0 saturated carbocycles. The Labute approximate surface area is 99.1 Å². The number of nitrogens with one attached hydrogen (secondary N) is 1. The van der Waals surface area contributed by atoms with Crippen molar-refractivity contribution in [3.05, 3.63) is 24.3 Å². The average Bonchev–Trinajstić information content (AvgIpc) is 2.13. The number of ether oxygens (including phenoxy) is 1. The molecule has 94 valence electrons. The lowest BCUT2D eigenvalue weighted by molar-refractivity contribution is -0.886. The Bertz CT molecular complexity index is 416. The topological polar surface area (TPSA) is 51.4 Å². The van der Waals surface area contributed by atoms with Crippen LogP contribution in [0.25, 0.3) is 0 Å². The van der Waals surface area contributed by atoms with Gasteiger partial charge in [-0.25, -0.2) is 9.18 Å². The van der Waals surface area contributed by atoms with E-state index in [1.807, 2.05) is 0 Å². The van der Waals surface area contributed by atoms with E-state index in [9.17, 15) is 9.18 Å². The lowest BCUT2D eigenvalue weighted by Gasteiger charge is -2.19. The molecule has 1 N–H and O–H groups in total. The van der Waals surface area contributed by atoms with Gasteiger partial charge < -0.3 is 4.74 Å². The van der Waals surface area contributed by atoms with Crippen molar-refractivity contribution in [3.8, 4) is 0 Å². The number of halogens is 1. The summed E-state index contributed by atoms with van der Waals surface area (Å²) in [6, 6.07) is 1.17. The summed E-state index contributed by atoms with van der Waals surface area (Å²) < 4.78 is 19.3. The summed E-state index contributed by atoms with van der Waals surface area (Å²) in [5.74, 6) is -0.527. The van der Waals surface area contributed by atoms with Gasteiger partial charge in [0.15, 0.2) is 5.82 Å². The predicted octanol–water partition coefficient (Wildman–Crippen LogP) is 1.52. The standard InChI is InChI=1S/C11H15FN2O3/c1-11(2,3)17-10(15)13-9-5-8(12)6-14(7-9)16-4/h5-7H,1-4H3/p+1. The van der Waals surface area contributed by atoms with Crippen molar-refractivity contribution >= 4 is 11.8 Å². The lowest BCUT2D eigenvalue weighted by atomic mass is 10.2. The van der Waals surface area contributed by atoms with Crippen LogP contribution in [0.1, 0.15) is 20.8 Å². The van der Waals surface area contributed by atoms with Gasteiger partial charge in [-0.2, -0.15) is 0 Å². The number of rotatable bonds is 2. The average molecular weight is 243 g/mol. The molecule has 1 aromatic rings. The highest BCUT2D eigenvalue weighted by Crippen LogP contribution is 2.11. The van der Waals surface area contributed by atoms with Crippen LogP contribution < -0.4 is 14.9 Å². The van der Waals surface area contributed by atoms with Gasteiger partial charge in [0.2, 0.25) is 6.20 Å². The first kappa shape index (κ1) is 13.2. The molecule has 0 fully saturated rings. The second-order valence-corrected chi connectivity index (χ2v) is 4.41. The Morgan fingerprint density at radius 2 is 2.06 bits per heavy atom. The number of anilines is 1. The van der Waals surface area contributed by atoms with E-state index < -0.39 is 17.5 Å². The summed E-state index contributed by atoms with van der Waals surface area (Å²) in [7, 11) is 1.39. The van der Waals surface area contributed by atoms with Crippen LogP contribution in [-0.2, 0) is 4.74 Å². The van der Waals surface area contributed by atoms with Crippen molar-refractivity contribution in [2.24, 2.45) is 0 Å². The number of aromatic nitrogens is 1. The molecule has 1 aromatic heterocycles. The van der Waals surface area contributed by atoms with Gasteiger partial charge in [0.1, 0.15) is 18.4 Å². The smallest absolute Gasteiger partial charge is 0.412 e. The fourth-order valence-electron chi connectivity index (χ4n) is 1.11. The minimum Gasteiger partial charge on any atom is -0.444 e. The van der Waals surface area contributed by atoms with Gasteiger partial charge in [0.05, 0.1) is 0 Å². The minimum atomic E-state index is -0.647. The number of hydrogen-bond donors (Lipinski definition) is 1. The SMILES string of the molecule is CO[n+]1cc(F)cc(NC(=O)OC(C)(C)C)c1. The summed E-state index contributed by atoms with van der Waals surface area (Å²) in [4.78, 5) is 16.2. The highest BCUT2D eigenvalue weighted by molar-refractivity contribution is 5.84. The molecule has 0 aliphatic rings. The summed E-state index contributed by atoms with van der Waals surface area (Å²) in [6.45, 7) is 5.23. The number of nitrogens with zero attached hydrogens (tertiary/aromatic N) is 1. The number of amides is 1. The molecule has 5 nitrogen and oxygen atoms in total. The zero-order chi connectivity index (χ0) is 13.1. The summed E-state index contributed by atoms with van der Waals surface area (Å²) in [6.07, 6.45) is 1.92. The van der Waals surface area contributed by atoms with E-state index in [4.69, 9.17) is 9.57 Å². The molecule has 0 spiro atoms. The van der Waals surface area contributed by atoms with Crippen molar-refractivity contribution < 1.29 is 23.5 Å². The highest BCUT2D eigenvalue weighted by Gasteiger charge is 2.18. The van der Waals surface area contributed by atoms with Crippen LogP contribution in [0, 0.1) is 5.82 Å². The second-order valence-electron chi connectivity index (χ2n) is 4.41. The van der Waals surface area contributed by atoms with E-state index in [2.05, 4.69) is 5.32 Å². The maximum absolute atomic E-state index is 13.1. The monoisotopic (exact) mass is 243 g/mol. The van der Waals surface area contributed by atoms with Crippen molar-refractivity contribution in [1.82, 2.24) is 0 Å². The maximum Gasteiger partial charge on any atom is 0.412 e. The van der Waals surface area contributed by atoms with Gasteiger partial charge in [-0.15, -0.1) is 0 Å². The Balaban J connectivity index is 2.74. The molecule has 17 heavy (non-hydrogen) atoms. The molecule has 0 atom stereocenters. The molecule has 0 radical (unpaired) electrons. The van der Waals surface area contributed by atoms with E-state index in [1.54, 1.807) is 20.8 Å². The van der Waals surface area contributed by atoms with Crippen LogP contribution in [0.2, 0.25) is 0 Å². The lowest BCUT2D eigenvalue weighted by Crippen LogP contribution is -2.40. The quantitative estimate of drug-likeness (QED) is 0.801. The third-order valence-corrected chi connectivity index (χ3v) is 1.67. The summed E-state index contributed by atoms with van der Waals surface area (Å²) in [5.41, 5.74) is -0.352. The number of carbonyl (C=O) groups is 1. The molecule has 0 aromatic carbocycles. The fourth-order valence-corrected chi connectivity index (χ4v) is 1.11. The number of carbonyl (C=O) groups excluding carboxylic acids is 1. The van der Waals surface area contributed by atoms with Crippen LogP contribution >= 0.6 is 0 Å². The van der Waals surface area contributed by atoms with Crippen LogP contribution in [0.5, 0.6) is 0 Å². The van der Waals surface area contributed by atoms with Gasteiger partial charge in [-0.1, -0.05) is 0 Å². The van der Waals surface area contributed by atoms with Crippen molar-refractivity contribution in [3.63, 3.8) is 0 Å². The summed E-state index contributed by atoms with van der Waals surface area (Å²) >= 11 is 0. The molecular weight excluding hydrogens is 227 g/mol. The van der Waals surface area contributed by atoms with Gasteiger partial charge in [0, 0.05) is 10.8 Å². The molecule has 0 aliphatic heterocycles. The van der Waals surface area contributed by atoms with E-state index in [0.717, 1.165) is 10.9 Å². The van der Waals surface area contributed by atoms with Crippen LogP contribution in [0.3, 0.4) is 0 Å². The van der Waals surface area contributed by atoms with Crippen LogP contribution in [0.15, 0.2) is 18.5 Å². The number of pyridine rings is 1. The van der Waals surface area contributed by atoms with Gasteiger partial charge in [0.25, 0.3) is 6.20 Å². The molecule has 0 aliphatic carbocycles. The first-order valence-electron chi connectivity index (χ1n) is 5.06. The highest BCUT2D eigenvalue weighted by atomic mass is 19.1. The molecule has 1 rings (SSSR count). The molecule has 6 heteroatoms. The Hall–Kier alpha value is -1.85. The molecular formula is C11H16FN2O3+. The number of hydrogen-bond acceptors (Lipinski definition) is 3. The van der Waals surface area contributed by atoms with Crippen LogP contribution in [-0.4, -0.2) is 18.8 Å². The Kier molecular flexibility index (Phi) is 3.88. The van der Waals surface area contributed by atoms with Crippen molar-refractivity contribution in [1.29, 1.82) is 0 Å². The van der Waals surface area contributed by atoms with Gasteiger partial charge in [-0.05, 0) is 20.8 Å². The molecule has 0 bridgehead atoms. The van der Waals surface area contributed by atoms with E-state index >= 15 is 0 Å². The predicted molar refractivity (Wildman–Crippen MR) is 59.0 cm³/mol. The fraction of sp³-hybridized carbons (Fsp3) is 0.455.